The van der Waals surface area contributed by atoms with E-state index in [0.717, 1.165) is 16.5 Å². The van der Waals surface area contributed by atoms with Crippen LogP contribution in [0.5, 0.6) is 0 Å². The summed E-state index contributed by atoms with van der Waals surface area (Å²) in [5.41, 5.74) is 7.12. The molecule has 0 aliphatic rings. The maximum Gasteiger partial charge on any atom is 0.254 e. The summed E-state index contributed by atoms with van der Waals surface area (Å²) >= 11 is 3.51. The van der Waals surface area contributed by atoms with Gasteiger partial charge in [-0.1, -0.05) is 34.1 Å². The summed E-state index contributed by atoms with van der Waals surface area (Å²) in [7, 11) is 0. The minimum Gasteiger partial charge on any atom is -0.467 e. The fourth-order valence-corrected chi connectivity index (χ4v) is 2.41. The molecule has 2 rings (SSSR count). The van der Waals surface area contributed by atoms with Crippen LogP contribution in [0, 0.1) is 0 Å². The smallest absolute Gasteiger partial charge is 0.254 e. The maximum absolute atomic E-state index is 12.0. The summed E-state index contributed by atoms with van der Waals surface area (Å²) in [6, 6.07) is 9.68. The van der Waals surface area contributed by atoms with Crippen LogP contribution in [-0.2, 0) is 13.0 Å². The molecule has 0 spiro atoms. The first-order valence-electron chi connectivity index (χ1n) is 6.42. The highest BCUT2D eigenvalue weighted by molar-refractivity contribution is 9.10. The largest absolute Gasteiger partial charge is 0.467 e. The molecule has 0 aliphatic heterocycles. The Hall–Kier alpha value is -1.30. The molecule has 114 valence electrons. The van der Waals surface area contributed by atoms with E-state index in [2.05, 4.69) is 21.2 Å². The number of nitrogens with one attached hydrogen (secondary N) is 1. The molecule has 21 heavy (non-hydrogen) atoms. The van der Waals surface area contributed by atoms with Crippen molar-refractivity contribution < 1.29 is 9.21 Å². The van der Waals surface area contributed by atoms with Crippen LogP contribution in [0.4, 0.5) is 0 Å². The summed E-state index contributed by atoms with van der Waals surface area (Å²) in [4.78, 5) is 12.0. The van der Waals surface area contributed by atoms with E-state index in [0.29, 0.717) is 17.9 Å². The first kappa shape index (κ1) is 17.8. The maximum atomic E-state index is 12.0. The van der Waals surface area contributed by atoms with Crippen molar-refractivity contribution in [2.45, 2.75) is 25.9 Å². The lowest BCUT2D eigenvalue weighted by Gasteiger charge is -2.14. The Morgan fingerprint density at radius 2 is 2.14 bits per heavy atom. The molecule has 1 amide bonds. The normalized spacial score (nSPS) is 11.6. The van der Waals surface area contributed by atoms with Crippen molar-refractivity contribution >= 4 is 34.2 Å². The van der Waals surface area contributed by atoms with Crippen LogP contribution in [0.15, 0.2) is 45.5 Å². The van der Waals surface area contributed by atoms with Gasteiger partial charge in [0.2, 0.25) is 0 Å². The zero-order valence-electron chi connectivity index (χ0n) is 11.6. The van der Waals surface area contributed by atoms with Crippen LogP contribution in [-0.4, -0.2) is 11.9 Å². The molecule has 0 fully saturated rings. The fraction of sp³-hybridized carbons (Fsp3) is 0.267. The molecule has 1 heterocycles. The minimum atomic E-state index is -0.145. The first-order valence-corrected chi connectivity index (χ1v) is 7.21. The summed E-state index contributed by atoms with van der Waals surface area (Å²) in [6.07, 6.45) is 2.19. The van der Waals surface area contributed by atoms with E-state index in [4.69, 9.17) is 10.2 Å². The van der Waals surface area contributed by atoms with E-state index in [9.17, 15) is 4.79 Å². The average Bonchev–Trinajstić information content (AvgIpc) is 2.90. The van der Waals surface area contributed by atoms with Crippen LogP contribution in [0.3, 0.4) is 0 Å². The van der Waals surface area contributed by atoms with Crippen molar-refractivity contribution in [1.29, 1.82) is 0 Å². The predicted octanol–water partition coefficient (Wildman–Crippen LogP) is 3.28. The van der Waals surface area contributed by atoms with Crippen LogP contribution >= 0.6 is 28.3 Å². The molecule has 1 unspecified atom stereocenters. The molecule has 0 saturated heterocycles. The van der Waals surface area contributed by atoms with Crippen molar-refractivity contribution in [3.63, 3.8) is 0 Å². The van der Waals surface area contributed by atoms with Crippen molar-refractivity contribution in [3.8, 4) is 0 Å². The number of hydrogen-bond acceptors (Lipinski definition) is 3. The molecule has 4 nitrogen and oxygen atoms in total. The quantitative estimate of drug-likeness (QED) is 0.845. The molecule has 6 heteroatoms. The van der Waals surface area contributed by atoms with E-state index < -0.39 is 0 Å². The van der Waals surface area contributed by atoms with Crippen LogP contribution < -0.4 is 11.1 Å². The molecular weight excluding hydrogens is 356 g/mol. The van der Waals surface area contributed by atoms with Crippen LogP contribution in [0.25, 0.3) is 0 Å². The van der Waals surface area contributed by atoms with Gasteiger partial charge >= 0.3 is 0 Å². The topological polar surface area (TPSA) is 68.3 Å². The predicted molar refractivity (Wildman–Crippen MR) is 88.6 cm³/mol. The molecule has 0 aliphatic carbocycles. The number of carbonyl (C=O) groups is 1. The Kier molecular flexibility index (Phi) is 6.95. The lowest BCUT2D eigenvalue weighted by atomic mass is 10.1. The Morgan fingerprint density at radius 3 is 2.76 bits per heavy atom. The summed E-state index contributed by atoms with van der Waals surface area (Å²) in [5.74, 6) is 0.460. The van der Waals surface area contributed by atoms with Crippen molar-refractivity contribution in [2.24, 2.45) is 5.73 Å². The molecule has 3 N–H and O–H groups in total. The Morgan fingerprint density at radius 1 is 1.43 bits per heavy atom. The highest BCUT2D eigenvalue weighted by Gasteiger charge is 2.13. The van der Waals surface area contributed by atoms with Gasteiger partial charge in [-0.05, 0) is 31.0 Å². The second kappa shape index (κ2) is 8.22. The SMILES string of the molecule is CC(Cc1ccccc1Br)NC(=O)c1coc(CN)c1.Cl. The highest BCUT2D eigenvalue weighted by atomic mass is 79.9. The van der Waals surface area contributed by atoms with Crippen molar-refractivity contribution in [2.75, 3.05) is 0 Å². The summed E-state index contributed by atoms with van der Waals surface area (Å²) in [6.45, 7) is 2.26. The number of carbonyl (C=O) groups excluding carboxylic acids is 1. The van der Waals surface area contributed by atoms with Gasteiger partial charge in [0.1, 0.15) is 12.0 Å². The van der Waals surface area contributed by atoms with Gasteiger partial charge in [0.15, 0.2) is 0 Å². The van der Waals surface area contributed by atoms with Crippen LogP contribution in [0.1, 0.15) is 28.6 Å². The molecule has 1 aromatic heterocycles. The van der Waals surface area contributed by atoms with Crippen molar-refractivity contribution in [1.82, 2.24) is 5.32 Å². The van der Waals surface area contributed by atoms with E-state index in [1.54, 1.807) is 6.07 Å². The molecule has 0 saturated carbocycles. The van der Waals surface area contributed by atoms with Gasteiger partial charge in [0.05, 0.1) is 12.1 Å². The lowest BCUT2D eigenvalue weighted by molar-refractivity contribution is 0.0939. The van der Waals surface area contributed by atoms with Crippen LogP contribution in [0.2, 0.25) is 0 Å². The average molecular weight is 374 g/mol. The summed E-state index contributed by atoms with van der Waals surface area (Å²) < 4.78 is 6.21. The number of nitrogens with two attached hydrogens (primary N) is 1. The number of amides is 1. The Bertz CT molecular complexity index is 601. The third kappa shape index (κ3) is 4.88. The second-order valence-corrected chi connectivity index (χ2v) is 5.53. The van der Waals surface area contributed by atoms with Gasteiger partial charge in [0, 0.05) is 10.5 Å². The van der Waals surface area contributed by atoms with Crippen molar-refractivity contribution in [3.05, 3.63) is 58.0 Å². The fourth-order valence-electron chi connectivity index (χ4n) is 1.96. The zero-order chi connectivity index (χ0) is 14.5. The van der Waals surface area contributed by atoms with E-state index in [-0.39, 0.29) is 24.4 Å². The highest BCUT2D eigenvalue weighted by Crippen LogP contribution is 2.17. The van der Waals surface area contributed by atoms with Gasteiger partial charge in [-0.3, -0.25) is 4.79 Å². The Balaban J connectivity index is 0.00000220. The first-order chi connectivity index (χ1) is 9.60. The third-order valence-corrected chi connectivity index (χ3v) is 3.75. The molecule has 0 bridgehead atoms. The van der Waals surface area contributed by atoms with E-state index >= 15 is 0 Å². The van der Waals surface area contributed by atoms with Gasteiger partial charge in [-0.25, -0.2) is 0 Å². The van der Waals surface area contributed by atoms with E-state index in [1.165, 1.54) is 6.26 Å². The monoisotopic (exact) mass is 372 g/mol. The minimum absolute atomic E-state index is 0. The molecule has 2 aromatic rings. The molecule has 1 atom stereocenters. The number of rotatable bonds is 5. The van der Waals surface area contributed by atoms with Gasteiger partial charge in [0.25, 0.3) is 5.91 Å². The standard InChI is InChI=1S/C15H17BrN2O2.ClH/c1-10(6-11-4-2-3-5-14(11)16)18-15(19)12-7-13(8-17)20-9-12;/h2-5,7,9-10H,6,8,17H2,1H3,(H,18,19);1H. The summed E-state index contributed by atoms with van der Waals surface area (Å²) in [5, 5.41) is 2.95. The van der Waals surface area contributed by atoms with Gasteiger partial charge in [-0.2, -0.15) is 0 Å². The molecular formula is C15H18BrClN2O2. The molecule has 0 radical (unpaired) electrons. The Labute approximate surface area is 138 Å². The number of benzene rings is 1. The lowest BCUT2D eigenvalue weighted by Crippen LogP contribution is -2.33. The number of hydrogen-bond donors (Lipinski definition) is 2. The second-order valence-electron chi connectivity index (χ2n) is 4.68. The number of furan rings is 1. The zero-order valence-corrected chi connectivity index (χ0v) is 14.0. The molecule has 1 aromatic carbocycles. The third-order valence-electron chi connectivity index (χ3n) is 2.98. The van der Waals surface area contributed by atoms with Gasteiger partial charge in [-0.15, -0.1) is 12.4 Å². The van der Waals surface area contributed by atoms with Gasteiger partial charge < -0.3 is 15.5 Å². The number of halogens is 2. The van der Waals surface area contributed by atoms with E-state index in [1.807, 2.05) is 31.2 Å².